The van der Waals surface area contributed by atoms with E-state index >= 15 is 0 Å². The molecule has 0 atom stereocenters. The Morgan fingerprint density at radius 2 is 2.06 bits per heavy atom. The van der Waals surface area contributed by atoms with Crippen LogP contribution >= 0.6 is 11.8 Å². The number of aryl methyl sites for hydroxylation is 1. The average molecular weight is 247 g/mol. The highest BCUT2D eigenvalue weighted by molar-refractivity contribution is 7.98. The van der Waals surface area contributed by atoms with Crippen molar-refractivity contribution >= 4 is 11.8 Å². The van der Waals surface area contributed by atoms with Crippen LogP contribution in [0.25, 0.3) is 0 Å². The summed E-state index contributed by atoms with van der Waals surface area (Å²) in [5.74, 6) is 2.27. The first-order valence-electron chi connectivity index (χ1n) is 5.76. The zero-order valence-electron chi connectivity index (χ0n) is 10.4. The molecular formula is C13H17N3S. The van der Waals surface area contributed by atoms with Crippen LogP contribution in [0.2, 0.25) is 0 Å². The third-order valence-corrected chi connectivity index (χ3v) is 3.54. The lowest BCUT2D eigenvalue weighted by atomic mass is 10.1. The van der Waals surface area contributed by atoms with Gasteiger partial charge in [0.05, 0.1) is 0 Å². The zero-order chi connectivity index (χ0) is 12.3. The fourth-order valence-corrected chi connectivity index (χ4v) is 2.38. The molecule has 0 saturated heterocycles. The van der Waals surface area contributed by atoms with Crippen molar-refractivity contribution in [1.82, 2.24) is 15.2 Å². The molecule has 1 aromatic heterocycles. The van der Waals surface area contributed by atoms with Crippen LogP contribution in [0.5, 0.6) is 0 Å². The molecule has 2 aromatic rings. The maximum atomic E-state index is 4.45. The summed E-state index contributed by atoms with van der Waals surface area (Å²) < 4.78 is 0. The van der Waals surface area contributed by atoms with Crippen LogP contribution in [0, 0.1) is 6.92 Å². The van der Waals surface area contributed by atoms with Crippen molar-refractivity contribution in [2.45, 2.75) is 37.6 Å². The summed E-state index contributed by atoms with van der Waals surface area (Å²) in [5, 5.41) is 8.01. The Balaban J connectivity index is 2.00. The molecule has 0 radical (unpaired) electrons. The average Bonchev–Trinajstić information content (AvgIpc) is 2.77. The van der Waals surface area contributed by atoms with Crippen LogP contribution in [0.4, 0.5) is 0 Å². The summed E-state index contributed by atoms with van der Waals surface area (Å²) in [6.07, 6.45) is 0. The number of hydrogen-bond donors (Lipinski definition) is 1. The number of benzene rings is 1. The van der Waals surface area contributed by atoms with Gasteiger partial charge in [0, 0.05) is 11.7 Å². The van der Waals surface area contributed by atoms with Gasteiger partial charge in [0.15, 0.2) is 0 Å². The summed E-state index contributed by atoms with van der Waals surface area (Å²) in [4.78, 5) is 4.45. The summed E-state index contributed by atoms with van der Waals surface area (Å²) in [6.45, 7) is 6.35. The number of thioether (sulfide) groups is 1. The zero-order valence-corrected chi connectivity index (χ0v) is 11.2. The monoisotopic (exact) mass is 247 g/mol. The van der Waals surface area contributed by atoms with E-state index in [0.29, 0.717) is 5.92 Å². The minimum absolute atomic E-state index is 0.398. The molecule has 0 aliphatic heterocycles. The molecule has 0 spiro atoms. The normalized spacial score (nSPS) is 11.1. The van der Waals surface area contributed by atoms with Crippen molar-refractivity contribution in [3.63, 3.8) is 0 Å². The standard InChI is InChI=1S/C13H17N3S/c1-9(2)12-14-13(16-15-12)17-8-11-7-5-4-6-10(11)3/h4-7,9H,8H2,1-3H3,(H,14,15,16). The Bertz CT molecular complexity index is 491. The van der Waals surface area contributed by atoms with E-state index in [-0.39, 0.29) is 0 Å². The van der Waals surface area contributed by atoms with Crippen molar-refractivity contribution < 1.29 is 0 Å². The highest BCUT2D eigenvalue weighted by Gasteiger charge is 2.07. The lowest BCUT2D eigenvalue weighted by molar-refractivity contribution is 0.780. The minimum Gasteiger partial charge on any atom is -0.262 e. The van der Waals surface area contributed by atoms with E-state index in [2.05, 4.69) is 60.2 Å². The molecule has 0 fully saturated rings. The summed E-state index contributed by atoms with van der Waals surface area (Å²) in [7, 11) is 0. The fourth-order valence-electron chi connectivity index (χ4n) is 1.50. The molecule has 2 rings (SSSR count). The van der Waals surface area contributed by atoms with Gasteiger partial charge < -0.3 is 0 Å². The molecular weight excluding hydrogens is 230 g/mol. The predicted octanol–water partition coefficient (Wildman–Crippen LogP) is 3.53. The lowest BCUT2D eigenvalue weighted by Gasteiger charge is -2.02. The highest BCUT2D eigenvalue weighted by Crippen LogP contribution is 2.22. The Morgan fingerprint density at radius 3 is 2.71 bits per heavy atom. The van der Waals surface area contributed by atoms with E-state index in [9.17, 15) is 0 Å². The van der Waals surface area contributed by atoms with E-state index in [4.69, 9.17) is 0 Å². The van der Waals surface area contributed by atoms with Crippen molar-refractivity contribution in [1.29, 1.82) is 0 Å². The molecule has 0 bridgehead atoms. The van der Waals surface area contributed by atoms with Crippen molar-refractivity contribution in [3.05, 3.63) is 41.2 Å². The number of hydrogen-bond acceptors (Lipinski definition) is 3. The van der Waals surface area contributed by atoms with E-state index in [0.717, 1.165) is 16.7 Å². The number of rotatable bonds is 4. The van der Waals surface area contributed by atoms with Gasteiger partial charge in [-0.25, -0.2) is 4.98 Å². The topological polar surface area (TPSA) is 41.6 Å². The lowest BCUT2D eigenvalue weighted by Crippen LogP contribution is -1.89. The number of aromatic amines is 1. The van der Waals surface area contributed by atoms with E-state index < -0.39 is 0 Å². The molecule has 1 aromatic carbocycles. The van der Waals surface area contributed by atoms with E-state index in [1.807, 2.05) is 0 Å². The Labute approximate surface area is 106 Å². The quantitative estimate of drug-likeness (QED) is 0.840. The molecule has 4 heteroatoms. The van der Waals surface area contributed by atoms with Crippen molar-refractivity contribution in [3.8, 4) is 0 Å². The molecule has 0 aliphatic carbocycles. The number of nitrogens with one attached hydrogen (secondary N) is 1. The third-order valence-electron chi connectivity index (χ3n) is 2.65. The number of H-pyrrole nitrogens is 1. The SMILES string of the molecule is Cc1ccccc1CSc1n[nH]c(C(C)C)n1. The van der Waals surface area contributed by atoms with Gasteiger partial charge in [-0.05, 0) is 18.1 Å². The molecule has 90 valence electrons. The first kappa shape index (κ1) is 12.2. The third kappa shape index (κ3) is 3.09. The maximum absolute atomic E-state index is 4.45. The van der Waals surface area contributed by atoms with Crippen LogP contribution in [-0.4, -0.2) is 15.2 Å². The van der Waals surface area contributed by atoms with E-state index in [1.54, 1.807) is 11.8 Å². The van der Waals surface area contributed by atoms with Gasteiger partial charge in [-0.1, -0.05) is 49.9 Å². The summed E-state index contributed by atoms with van der Waals surface area (Å²) >= 11 is 1.67. The molecule has 17 heavy (non-hydrogen) atoms. The Hall–Kier alpha value is -1.29. The maximum Gasteiger partial charge on any atom is 0.208 e. The fraction of sp³-hybridized carbons (Fsp3) is 0.385. The molecule has 0 unspecified atom stereocenters. The number of nitrogens with zero attached hydrogens (tertiary/aromatic N) is 2. The van der Waals surface area contributed by atoms with Crippen molar-refractivity contribution in [2.75, 3.05) is 0 Å². The number of aromatic nitrogens is 3. The molecule has 0 amide bonds. The molecule has 3 nitrogen and oxygen atoms in total. The second kappa shape index (κ2) is 5.36. The first-order chi connectivity index (χ1) is 8.16. The van der Waals surface area contributed by atoms with Gasteiger partial charge in [0.25, 0.3) is 0 Å². The molecule has 1 heterocycles. The van der Waals surface area contributed by atoms with Crippen LogP contribution in [0.3, 0.4) is 0 Å². The van der Waals surface area contributed by atoms with Gasteiger partial charge in [0.2, 0.25) is 5.16 Å². The van der Waals surface area contributed by atoms with Gasteiger partial charge in [-0.2, -0.15) is 0 Å². The summed E-state index contributed by atoms with van der Waals surface area (Å²) in [5.41, 5.74) is 2.66. The summed E-state index contributed by atoms with van der Waals surface area (Å²) in [6, 6.07) is 8.42. The second-order valence-electron chi connectivity index (χ2n) is 4.37. The van der Waals surface area contributed by atoms with Crippen molar-refractivity contribution in [2.24, 2.45) is 0 Å². The highest BCUT2D eigenvalue weighted by atomic mass is 32.2. The van der Waals surface area contributed by atoms with Crippen LogP contribution in [0.1, 0.15) is 36.7 Å². The van der Waals surface area contributed by atoms with Crippen LogP contribution < -0.4 is 0 Å². The van der Waals surface area contributed by atoms with Crippen LogP contribution in [-0.2, 0) is 5.75 Å². The van der Waals surface area contributed by atoms with Gasteiger partial charge in [-0.15, -0.1) is 5.10 Å². The largest absolute Gasteiger partial charge is 0.262 e. The van der Waals surface area contributed by atoms with Gasteiger partial charge >= 0.3 is 0 Å². The second-order valence-corrected chi connectivity index (χ2v) is 5.32. The smallest absolute Gasteiger partial charge is 0.208 e. The Morgan fingerprint density at radius 1 is 1.29 bits per heavy atom. The van der Waals surface area contributed by atoms with Gasteiger partial charge in [-0.3, -0.25) is 5.10 Å². The molecule has 1 N–H and O–H groups in total. The molecule has 0 aliphatic rings. The Kier molecular flexibility index (Phi) is 3.84. The molecule has 0 saturated carbocycles. The first-order valence-corrected chi connectivity index (χ1v) is 6.75. The van der Waals surface area contributed by atoms with E-state index in [1.165, 1.54) is 11.1 Å². The predicted molar refractivity (Wildman–Crippen MR) is 71.2 cm³/mol. The minimum atomic E-state index is 0.398. The van der Waals surface area contributed by atoms with Gasteiger partial charge in [0.1, 0.15) is 5.82 Å². The van der Waals surface area contributed by atoms with Crippen LogP contribution in [0.15, 0.2) is 29.4 Å².